The zero-order chi connectivity index (χ0) is 19.9. The number of benzene rings is 2. The molecule has 0 bridgehead atoms. The minimum absolute atomic E-state index is 0. The lowest BCUT2D eigenvalue weighted by Gasteiger charge is -2.21. The summed E-state index contributed by atoms with van der Waals surface area (Å²) in [5.74, 6) is 0.871. The Labute approximate surface area is 192 Å². The van der Waals surface area contributed by atoms with Gasteiger partial charge >= 0.3 is 0 Å². The Hall–Kier alpha value is -1.80. The van der Waals surface area contributed by atoms with Crippen LogP contribution in [0.4, 0.5) is 5.69 Å². The fourth-order valence-corrected chi connectivity index (χ4v) is 3.66. The molecule has 1 heterocycles. The third-order valence-corrected chi connectivity index (χ3v) is 5.20. The highest BCUT2D eigenvalue weighted by molar-refractivity contribution is 14.0. The van der Waals surface area contributed by atoms with Crippen molar-refractivity contribution < 1.29 is 0 Å². The van der Waals surface area contributed by atoms with Gasteiger partial charge in [0.25, 0.3) is 0 Å². The van der Waals surface area contributed by atoms with Gasteiger partial charge in [0.1, 0.15) is 0 Å². The van der Waals surface area contributed by atoms with Crippen molar-refractivity contribution in [2.75, 3.05) is 39.1 Å². The fraction of sp³-hybridized carbons (Fsp3) is 0.435. The lowest BCUT2D eigenvalue weighted by Crippen LogP contribution is -2.44. The Bertz CT molecular complexity index is 788. The van der Waals surface area contributed by atoms with Crippen LogP contribution in [0.5, 0.6) is 0 Å². The molecule has 0 saturated carbocycles. The number of aryl methyl sites for hydroxylation is 1. The zero-order valence-electron chi connectivity index (χ0n) is 18.0. The molecule has 29 heavy (non-hydrogen) atoms. The fourth-order valence-electron chi connectivity index (χ4n) is 3.66. The number of halogens is 1. The van der Waals surface area contributed by atoms with Gasteiger partial charge < -0.3 is 20.4 Å². The molecule has 1 aliphatic rings. The number of hydrogen-bond acceptors (Lipinski definition) is 3. The largest absolute Gasteiger partial charge is 0.369 e. The molecule has 2 aromatic rings. The Morgan fingerprint density at radius 3 is 2.45 bits per heavy atom. The van der Waals surface area contributed by atoms with Crippen LogP contribution in [0, 0.1) is 6.92 Å². The summed E-state index contributed by atoms with van der Waals surface area (Å²) in [5.41, 5.74) is 5.26. The summed E-state index contributed by atoms with van der Waals surface area (Å²) in [6.07, 6.45) is 1.12. The summed E-state index contributed by atoms with van der Waals surface area (Å²) in [4.78, 5) is 9.07. The van der Waals surface area contributed by atoms with Crippen LogP contribution in [0.25, 0.3) is 0 Å². The van der Waals surface area contributed by atoms with Crippen LogP contribution in [0.15, 0.2) is 53.5 Å². The van der Waals surface area contributed by atoms with Crippen molar-refractivity contribution in [1.29, 1.82) is 0 Å². The van der Waals surface area contributed by atoms with Gasteiger partial charge in [-0.25, -0.2) is 0 Å². The number of nitrogens with one attached hydrogen (secondary N) is 2. The highest BCUT2D eigenvalue weighted by atomic mass is 127. The quantitative estimate of drug-likeness (QED) is 0.356. The topological polar surface area (TPSA) is 42.9 Å². The average molecular weight is 507 g/mol. The number of rotatable bonds is 6. The second-order valence-electron chi connectivity index (χ2n) is 7.84. The maximum Gasteiger partial charge on any atom is 0.191 e. The van der Waals surface area contributed by atoms with E-state index in [1.54, 1.807) is 0 Å². The first-order valence-corrected chi connectivity index (χ1v) is 10.1. The van der Waals surface area contributed by atoms with Gasteiger partial charge in [0.2, 0.25) is 0 Å². The highest BCUT2D eigenvalue weighted by Crippen LogP contribution is 2.20. The molecule has 2 aromatic carbocycles. The van der Waals surface area contributed by atoms with E-state index in [9.17, 15) is 0 Å². The molecule has 1 unspecified atom stereocenters. The summed E-state index contributed by atoms with van der Waals surface area (Å²) >= 11 is 0. The molecule has 1 atom stereocenters. The molecular weight excluding hydrogens is 473 g/mol. The van der Waals surface area contributed by atoms with E-state index in [1.807, 2.05) is 7.05 Å². The number of nitrogens with zero attached hydrogens (tertiary/aromatic N) is 3. The van der Waals surface area contributed by atoms with E-state index in [-0.39, 0.29) is 24.0 Å². The molecular formula is C23H34IN5. The number of hydrogen-bond donors (Lipinski definition) is 2. The first kappa shape index (κ1) is 23.5. The summed E-state index contributed by atoms with van der Waals surface area (Å²) in [6, 6.07) is 17.8. The minimum Gasteiger partial charge on any atom is -0.369 e. The second-order valence-corrected chi connectivity index (χ2v) is 7.84. The molecule has 3 rings (SSSR count). The Kier molecular flexibility index (Phi) is 9.23. The molecule has 0 radical (unpaired) electrons. The van der Waals surface area contributed by atoms with Gasteiger partial charge in [0.15, 0.2) is 5.96 Å². The van der Waals surface area contributed by atoms with Gasteiger partial charge in [0, 0.05) is 45.0 Å². The monoisotopic (exact) mass is 507 g/mol. The van der Waals surface area contributed by atoms with Gasteiger partial charge in [-0.3, -0.25) is 4.99 Å². The van der Waals surface area contributed by atoms with Crippen molar-refractivity contribution >= 4 is 35.6 Å². The molecule has 0 spiro atoms. The SMILES string of the molecule is CN=C(NCc1ccccc1CN(C)C)NC1CCN(c2ccc(C)cc2)C1.I. The van der Waals surface area contributed by atoms with Crippen LogP contribution in [-0.2, 0) is 13.1 Å². The third kappa shape index (κ3) is 6.89. The molecule has 1 aliphatic heterocycles. The van der Waals surface area contributed by atoms with Crippen LogP contribution in [0.1, 0.15) is 23.1 Å². The van der Waals surface area contributed by atoms with E-state index in [0.717, 1.165) is 38.6 Å². The molecule has 1 saturated heterocycles. The Morgan fingerprint density at radius 1 is 1.10 bits per heavy atom. The lowest BCUT2D eigenvalue weighted by molar-refractivity contribution is 0.400. The van der Waals surface area contributed by atoms with Gasteiger partial charge in [-0.15, -0.1) is 24.0 Å². The molecule has 0 amide bonds. The normalized spacial score (nSPS) is 16.7. The molecule has 1 fully saturated rings. The zero-order valence-corrected chi connectivity index (χ0v) is 20.3. The van der Waals surface area contributed by atoms with Gasteiger partial charge in [-0.2, -0.15) is 0 Å². The number of aliphatic imine (C=N–C) groups is 1. The minimum atomic E-state index is 0. The smallest absolute Gasteiger partial charge is 0.191 e. The van der Waals surface area contributed by atoms with E-state index < -0.39 is 0 Å². The number of anilines is 1. The van der Waals surface area contributed by atoms with Crippen LogP contribution >= 0.6 is 24.0 Å². The standard InChI is InChI=1S/C23H33N5.HI/c1-18-9-11-22(12-10-18)28-14-13-21(17-28)26-23(24-2)25-15-19-7-5-6-8-20(19)16-27(3)4;/h5-12,21H,13-17H2,1-4H3,(H2,24,25,26);1H. The Balaban J connectivity index is 0.00000300. The lowest BCUT2D eigenvalue weighted by atomic mass is 10.1. The van der Waals surface area contributed by atoms with E-state index in [0.29, 0.717) is 6.04 Å². The first-order chi connectivity index (χ1) is 13.5. The summed E-state index contributed by atoms with van der Waals surface area (Å²) in [5, 5.41) is 7.08. The maximum absolute atomic E-state index is 4.43. The Morgan fingerprint density at radius 2 is 1.79 bits per heavy atom. The van der Waals surface area contributed by atoms with E-state index in [1.165, 1.54) is 22.4 Å². The molecule has 6 heteroatoms. The van der Waals surface area contributed by atoms with Gasteiger partial charge in [0.05, 0.1) is 0 Å². The highest BCUT2D eigenvalue weighted by Gasteiger charge is 2.23. The van der Waals surface area contributed by atoms with Crippen molar-refractivity contribution in [2.24, 2.45) is 4.99 Å². The molecule has 0 aromatic heterocycles. The average Bonchev–Trinajstić information content (AvgIpc) is 3.15. The number of guanidine groups is 1. The van der Waals surface area contributed by atoms with E-state index >= 15 is 0 Å². The molecule has 158 valence electrons. The predicted octanol–water partition coefficient (Wildman–Crippen LogP) is 3.62. The van der Waals surface area contributed by atoms with Crippen LogP contribution in [0.3, 0.4) is 0 Å². The maximum atomic E-state index is 4.43. The van der Waals surface area contributed by atoms with E-state index in [2.05, 4.69) is 95.0 Å². The second kappa shape index (κ2) is 11.4. The van der Waals surface area contributed by atoms with Crippen molar-refractivity contribution in [1.82, 2.24) is 15.5 Å². The predicted molar refractivity (Wildman–Crippen MR) is 134 cm³/mol. The van der Waals surface area contributed by atoms with Crippen LogP contribution in [0.2, 0.25) is 0 Å². The van der Waals surface area contributed by atoms with Crippen molar-refractivity contribution in [3.63, 3.8) is 0 Å². The van der Waals surface area contributed by atoms with Crippen molar-refractivity contribution in [3.8, 4) is 0 Å². The molecule has 5 nitrogen and oxygen atoms in total. The first-order valence-electron chi connectivity index (χ1n) is 10.1. The van der Waals surface area contributed by atoms with Crippen LogP contribution in [-0.4, -0.2) is 51.1 Å². The summed E-state index contributed by atoms with van der Waals surface area (Å²) < 4.78 is 0. The van der Waals surface area contributed by atoms with E-state index in [4.69, 9.17) is 0 Å². The van der Waals surface area contributed by atoms with Gasteiger partial charge in [-0.05, 0) is 50.7 Å². The van der Waals surface area contributed by atoms with Crippen molar-refractivity contribution in [2.45, 2.75) is 32.5 Å². The van der Waals surface area contributed by atoms with Crippen LogP contribution < -0.4 is 15.5 Å². The third-order valence-electron chi connectivity index (χ3n) is 5.20. The van der Waals surface area contributed by atoms with Gasteiger partial charge in [-0.1, -0.05) is 42.0 Å². The van der Waals surface area contributed by atoms with Crippen molar-refractivity contribution in [3.05, 3.63) is 65.2 Å². The summed E-state index contributed by atoms with van der Waals surface area (Å²) in [7, 11) is 6.04. The summed E-state index contributed by atoms with van der Waals surface area (Å²) in [6.45, 7) is 5.92. The molecule has 2 N–H and O–H groups in total. The molecule has 0 aliphatic carbocycles.